The van der Waals surface area contributed by atoms with Crippen LogP contribution >= 0.6 is 6.72 Å². The van der Waals surface area contributed by atoms with Crippen molar-refractivity contribution >= 4 is 18.5 Å². The first-order valence-corrected chi connectivity index (χ1v) is 5.58. The van der Waals surface area contributed by atoms with Crippen LogP contribution in [0.25, 0.3) is 0 Å². The summed E-state index contributed by atoms with van der Waals surface area (Å²) in [6.45, 7) is -3.81. The van der Waals surface area contributed by atoms with Gasteiger partial charge in [0.2, 0.25) is 0 Å². The molecule has 0 aliphatic heterocycles. The molecule has 0 fully saturated rings. The predicted molar refractivity (Wildman–Crippen MR) is 49.0 cm³/mol. The topological polar surface area (TPSA) is 80.9 Å². The van der Waals surface area contributed by atoms with Gasteiger partial charge in [-0.05, 0) is 23.9 Å². The summed E-state index contributed by atoms with van der Waals surface area (Å²) in [7, 11) is 0. The van der Waals surface area contributed by atoms with Gasteiger partial charge in [0, 0.05) is 0 Å². The molecular formula is C6H9O4PS. The SMILES string of the molecule is OP(O)(O)=S.Oc1ccccc1. The maximum Gasteiger partial charge on any atom is 0.319 e. The van der Waals surface area contributed by atoms with E-state index in [0.717, 1.165) is 0 Å². The number of rotatable bonds is 0. The molecule has 0 aliphatic rings. The zero-order valence-electron chi connectivity index (χ0n) is 6.03. The molecule has 4 N–H and O–H groups in total. The van der Waals surface area contributed by atoms with E-state index in [1.165, 1.54) is 0 Å². The fourth-order valence-corrected chi connectivity index (χ4v) is 0.428. The molecule has 0 unspecified atom stereocenters. The fourth-order valence-electron chi connectivity index (χ4n) is 0.428. The van der Waals surface area contributed by atoms with Crippen molar-refractivity contribution in [3.05, 3.63) is 30.3 Å². The number of benzene rings is 1. The van der Waals surface area contributed by atoms with Crippen LogP contribution in [0.15, 0.2) is 30.3 Å². The summed E-state index contributed by atoms with van der Waals surface area (Å²) < 4.78 is 0. The Labute approximate surface area is 75.0 Å². The Kier molecular flexibility index (Phi) is 5.04. The van der Waals surface area contributed by atoms with Crippen molar-refractivity contribution in [1.29, 1.82) is 0 Å². The van der Waals surface area contributed by atoms with Gasteiger partial charge < -0.3 is 19.8 Å². The van der Waals surface area contributed by atoms with Crippen LogP contribution in [0.1, 0.15) is 0 Å². The summed E-state index contributed by atoms with van der Waals surface area (Å²) in [5.74, 6) is 0.322. The molecule has 6 heteroatoms. The van der Waals surface area contributed by atoms with Gasteiger partial charge in [0.05, 0.1) is 0 Å². The van der Waals surface area contributed by atoms with Crippen molar-refractivity contribution in [2.24, 2.45) is 0 Å². The Morgan fingerprint density at radius 2 is 1.33 bits per heavy atom. The highest BCUT2D eigenvalue weighted by atomic mass is 32.5. The van der Waals surface area contributed by atoms with Crippen LogP contribution < -0.4 is 0 Å². The van der Waals surface area contributed by atoms with Crippen molar-refractivity contribution in [2.45, 2.75) is 0 Å². The van der Waals surface area contributed by atoms with E-state index < -0.39 is 6.72 Å². The number of phenols is 1. The zero-order valence-corrected chi connectivity index (χ0v) is 7.74. The first kappa shape index (κ1) is 11.6. The molecule has 0 saturated heterocycles. The average Bonchev–Trinajstić information content (AvgIpc) is 1.85. The third-order valence-electron chi connectivity index (χ3n) is 0.756. The normalized spacial score (nSPS) is 9.92. The number of para-hydroxylation sites is 1. The minimum atomic E-state index is -3.81. The average molecular weight is 208 g/mol. The fraction of sp³-hybridized carbons (Fsp3) is 0. The summed E-state index contributed by atoms with van der Waals surface area (Å²) in [5.41, 5.74) is 0. The quantitative estimate of drug-likeness (QED) is 0.469. The highest BCUT2D eigenvalue weighted by molar-refractivity contribution is 8.06. The Bertz CT molecular complexity index is 249. The summed E-state index contributed by atoms with van der Waals surface area (Å²) >= 11 is 3.60. The highest BCUT2D eigenvalue weighted by Gasteiger charge is 1.92. The molecule has 0 saturated carbocycles. The van der Waals surface area contributed by atoms with Gasteiger partial charge in [0.15, 0.2) is 0 Å². The van der Waals surface area contributed by atoms with Gasteiger partial charge in [-0.15, -0.1) is 0 Å². The molecule has 0 aliphatic carbocycles. The molecule has 68 valence electrons. The molecule has 0 spiro atoms. The number of hydrogen-bond donors (Lipinski definition) is 4. The maximum absolute atomic E-state index is 8.63. The Morgan fingerprint density at radius 3 is 1.50 bits per heavy atom. The second kappa shape index (κ2) is 5.24. The third kappa shape index (κ3) is 12.2. The van der Waals surface area contributed by atoms with Gasteiger partial charge in [-0.3, -0.25) is 0 Å². The van der Waals surface area contributed by atoms with Crippen molar-refractivity contribution in [3.8, 4) is 5.75 Å². The highest BCUT2D eigenvalue weighted by Crippen LogP contribution is 2.26. The number of phenolic OH excluding ortho intramolecular Hbond substituents is 1. The Balaban J connectivity index is 0.000000217. The lowest BCUT2D eigenvalue weighted by Crippen LogP contribution is -1.65. The van der Waals surface area contributed by atoms with Crippen LogP contribution in [0.4, 0.5) is 0 Å². The standard InChI is InChI=1S/C6H6O.H3O3PS/c7-6-4-2-1-3-5-6;1-4(2,3)5/h1-5,7H;(H3,1,2,3,5). The van der Waals surface area contributed by atoms with Gasteiger partial charge in [0.1, 0.15) is 5.75 Å². The van der Waals surface area contributed by atoms with Crippen LogP contribution in [0.5, 0.6) is 5.75 Å². The van der Waals surface area contributed by atoms with Crippen LogP contribution in [0, 0.1) is 0 Å². The predicted octanol–water partition coefficient (Wildman–Crippen LogP) is 0.580. The third-order valence-corrected chi connectivity index (χ3v) is 0.756. The van der Waals surface area contributed by atoms with E-state index in [-0.39, 0.29) is 0 Å². The second-order valence-corrected chi connectivity index (χ2v) is 4.35. The lowest BCUT2D eigenvalue weighted by Gasteiger charge is -1.88. The monoisotopic (exact) mass is 208 g/mol. The second-order valence-electron chi connectivity index (χ2n) is 1.85. The van der Waals surface area contributed by atoms with Gasteiger partial charge in [-0.2, -0.15) is 0 Å². The molecule has 1 rings (SSSR count). The summed E-state index contributed by atoms with van der Waals surface area (Å²) in [4.78, 5) is 22.7. The lowest BCUT2D eigenvalue weighted by molar-refractivity contribution is 0.363. The van der Waals surface area contributed by atoms with E-state index in [0.29, 0.717) is 5.75 Å². The van der Waals surface area contributed by atoms with Gasteiger partial charge in [-0.25, -0.2) is 0 Å². The minimum absolute atomic E-state index is 0.322. The molecule has 0 amide bonds. The molecule has 1 aromatic carbocycles. The molecule has 0 bridgehead atoms. The molecule has 12 heavy (non-hydrogen) atoms. The zero-order chi connectivity index (χ0) is 9.61. The molecule has 0 radical (unpaired) electrons. The van der Waals surface area contributed by atoms with Crippen molar-refractivity contribution < 1.29 is 19.8 Å². The van der Waals surface area contributed by atoms with Crippen LogP contribution in [-0.2, 0) is 11.8 Å². The molecule has 0 heterocycles. The van der Waals surface area contributed by atoms with Crippen LogP contribution in [0.2, 0.25) is 0 Å². The van der Waals surface area contributed by atoms with Crippen LogP contribution in [-0.4, -0.2) is 19.8 Å². The first-order valence-electron chi connectivity index (χ1n) is 2.92. The van der Waals surface area contributed by atoms with E-state index in [9.17, 15) is 0 Å². The van der Waals surface area contributed by atoms with E-state index in [4.69, 9.17) is 19.8 Å². The van der Waals surface area contributed by atoms with Crippen LogP contribution in [0.3, 0.4) is 0 Å². The van der Waals surface area contributed by atoms with Crippen molar-refractivity contribution in [1.82, 2.24) is 0 Å². The number of hydrogen-bond acceptors (Lipinski definition) is 2. The summed E-state index contributed by atoms with van der Waals surface area (Å²) in [5, 5.41) is 8.63. The molecule has 4 nitrogen and oxygen atoms in total. The van der Waals surface area contributed by atoms with E-state index >= 15 is 0 Å². The largest absolute Gasteiger partial charge is 0.508 e. The first-order chi connectivity index (χ1) is 5.39. The van der Waals surface area contributed by atoms with E-state index in [2.05, 4.69) is 11.8 Å². The number of aromatic hydroxyl groups is 1. The van der Waals surface area contributed by atoms with Gasteiger partial charge in [-0.1, -0.05) is 18.2 Å². The molecular weight excluding hydrogens is 199 g/mol. The lowest BCUT2D eigenvalue weighted by atomic mass is 10.3. The van der Waals surface area contributed by atoms with Gasteiger partial charge in [0.25, 0.3) is 0 Å². The smallest absolute Gasteiger partial charge is 0.319 e. The molecule has 0 atom stereocenters. The van der Waals surface area contributed by atoms with Crippen molar-refractivity contribution in [3.63, 3.8) is 0 Å². The van der Waals surface area contributed by atoms with E-state index in [1.807, 2.05) is 6.07 Å². The van der Waals surface area contributed by atoms with Gasteiger partial charge >= 0.3 is 6.72 Å². The Morgan fingerprint density at radius 1 is 1.00 bits per heavy atom. The minimum Gasteiger partial charge on any atom is -0.508 e. The summed E-state index contributed by atoms with van der Waals surface area (Å²) in [6, 6.07) is 8.71. The van der Waals surface area contributed by atoms with E-state index in [1.54, 1.807) is 24.3 Å². The molecule has 1 aromatic rings. The van der Waals surface area contributed by atoms with Crippen molar-refractivity contribution in [2.75, 3.05) is 0 Å². The Hall–Kier alpha value is -0.450. The summed E-state index contributed by atoms with van der Waals surface area (Å²) in [6.07, 6.45) is 0. The molecule has 0 aromatic heterocycles. The maximum atomic E-state index is 8.63.